The van der Waals surface area contributed by atoms with Gasteiger partial charge in [0.2, 0.25) is 0 Å². The average molecular weight is 270 g/mol. The molecule has 1 aromatic carbocycles. The third kappa shape index (κ3) is 4.37. The van der Waals surface area contributed by atoms with Gasteiger partial charge in [0.25, 0.3) is 5.90 Å². The maximum Gasteiger partial charge on any atom is 0.282 e. The summed E-state index contributed by atoms with van der Waals surface area (Å²) in [6.07, 6.45) is 2.51. The van der Waals surface area contributed by atoms with E-state index in [1.807, 2.05) is 6.26 Å². The summed E-state index contributed by atoms with van der Waals surface area (Å²) in [5, 5.41) is 12.2. The van der Waals surface area contributed by atoms with Gasteiger partial charge < -0.3 is 9.94 Å². The lowest BCUT2D eigenvalue weighted by Gasteiger charge is -2.04. The first-order chi connectivity index (χ1) is 8.71. The van der Waals surface area contributed by atoms with E-state index in [0.29, 0.717) is 18.0 Å². The predicted octanol–water partition coefficient (Wildman–Crippen LogP) is 2.56. The van der Waals surface area contributed by atoms with Gasteiger partial charge in [-0.15, -0.1) is 11.8 Å². The van der Waals surface area contributed by atoms with Crippen molar-refractivity contribution in [3.8, 4) is 0 Å². The summed E-state index contributed by atoms with van der Waals surface area (Å²) in [5.74, 6) is -0.150. The fourth-order valence-electron chi connectivity index (χ4n) is 1.33. The monoisotopic (exact) mass is 270 g/mol. The smallest absolute Gasteiger partial charge is 0.282 e. The zero-order chi connectivity index (χ0) is 13.4. The summed E-state index contributed by atoms with van der Waals surface area (Å²) < 4.78 is 17.6. The second-order valence-corrected chi connectivity index (χ2v) is 4.17. The van der Waals surface area contributed by atoms with Gasteiger partial charge in [-0.05, 0) is 35.5 Å². The van der Waals surface area contributed by atoms with Crippen molar-refractivity contribution in [1.82, 2.24) is 0 Å². The van der Waals surface area contributed by atoms with E-state index in [4.69, 9.17) is 9.94 Å². The summed E-state index contributed by atoms with van der Waals surface area (Å²) in [6.45, 7) is 0.518. The second kappa shape index (κ2) is 7.71. The van der Waals surface area contributed by atoms with Crippen molar-refractivity contribution in [3.63, 3.8) is 0 Å². The van der Waals surface area contributed by atoms with Crippen molar-refractivity contribution in [2.45, 2.75) is 6.42 Å². The lowest BCUT2D eigenvalue weighted by atomic mass is 10.1. The van der Waals surface area contributed by atoms with Crippen LogP contribution in [0.1, 0.15) is 5.56 Å². The molecule has 0 aliphatic heterocycles. The van der Waals surface area contributed by atoms with Gasteiger partial charge in [-0.1, -0.05) is 12.1 Å². The molecule has 1 N–H and O–H groups in total. The highest BCUT2D eigenvalue weighted by molar-refractivity contribution is 8.15. The largest absolute Gasteiger partial charge is 0.477 e. The molecule has 0 bridgehead atoms. The quantitative estimate of drug-likeness (QED) is 0.397. The van der Waals surface area contributed by atoms with Crippen LogP contribution in [0.3, 0.4) is 0 Å². The van der Waals surface area contributed by atoms with Gasteiger partial charge in [-0.25, -0.2) is 4.39 Å². The zero-order valence-electron chi connectivity index (χ0n) is 10.3. The number of nitrogens with zero attached hydrogens (tertiary/aromatic N) is 2. The van der Waals surface area contributed by atoms with Crippen LogP contribution in [0.2, 0.25) is 0 Å². The first kappa shape index (κ1) is 14.5. The van der Waals surface area contributed by atoms with Crippen molar-refractivity contribution < 1.29 is 14.3 Å². The van der Waals surface area contributed by atoms with Crippen LogP contribution in [0.15, 0.2) is 34.4 Å². The van der Waals surface area contributed by atoms with Crippen molar-refractivity contribution >= 4 is 22.7 Å². The molecule has 0 radical (unpaired) electrons. The number of benzene rings is 1. The Morgan fingerprint density at radius 2 is 2.06 bits per heavy atom. The molecule has 0 unspecified atom stereocenters. The lowest BCUT2D eigenvalue weighted by Crippen LogP contribution is -2.13. The van der Waals surface area contributed by atoms with Crippen LogP contribution in [-0.4, -0.2) is 36.1 Å². The van der Waals surface area contributed by atoms with Crippen molar-refractivity contribution in [2.75, 3.05) is 19.9 Å². The van der Waals surface area contributed by atoms with Crippen molar-refractivity contribution in [1.29, 1.82) is 0 Å². The Morgan fingerprint density at radius 3 is 2.56 bits per heavy atom. The van der Waals surface area contributed by atoms with Gasteiger partial charge in [0.1, 0.15) is 5.82 Å². The number of rotatable bonds is 3. The Hall–Kier alpha value is -1.56. The molecule has 0 aromatic heterocycles. The van der Waals surface area contributed by atoms with Crippen molar-refractivity contribution in [2.24, 2.45) is 10.1 Å². The van der Waals surface area contributed by atoms with Crippen LogP contribution in [0.5, 0.6) is 0 Å². The van der Waals surface area contributed by atoms with E-state index < -0.39 is 0 Å². The van der Waals surface area contributed by atoms with Gasteiger partial charge in [0.15, 0.2) is 5.04 Å². The number of hydrogen-bond acceptors (Lipinski definition) is 5. The highest BCUT2D eigenvalue weighted by Gasteiger charge is 2.08. The molecule has 0 heterocycles. The highest BCUT2D eigenvalue weighted by Crippen LogP contribution is 2.06. The number of methoxy groups -OCH3 is 1. The standard InChI is InChI=1S/C12H15FN2O2S/c1-17-11(15-16)12(18-2)14-8-7-9-3-5-10(13)6-4-9/h3-6,16H,7-8H2,1-2H3/b14-12?,15-11-. The molecule has 0 fully saturated rings. The van der Waals surface area contributed by atoms with E-state index >= 15 is 0 Å². The third-order valence-corrected chi connectivity index (χ3v) is 2.92. The topological polar surface area (TPSA) is 54.2 Å². The number of aliphatic imine (C=N–C) groups is 1. The molecular formula is C12H15FN2O2S. The van der Waals surface area contributed by atoms with Crippen LogP contribution in [0.4, 0.5) is 4.39 Å². The minimum Gasteiger partial charge on any atom is -0.477 e. The minimum atomic E-state index is -0.249. The molecule has 0 spiro atoms. The first-order valence-corrected chi connectivity index (χ1v) is 6.53. The van der Waals surface area contributed by atoms with Crippen LogP contribution in [0, 0.1) is 5.82 Å². The Kier molecular flexibility index (Phi) is 6.21. The molecule has 0 aliphatic carbocycles. The van der Waals surface area contributed by atoms with E-state index in [9.17, 15) is 4.39 Å². The van der Waals surface area contributed by atoms with Gasteiger partial charge in [0, 0.05) is 6.54 Å². The lowest BCUT2D eigenvalue weighted by molar-refractivity contribution is 0.291. The molecule has 0 atom stereocenters. The van der Waals surface area contributed by atoms with Crippen molar-refractivity contribution in [3.05, 3.63) is 35.6 Å². The molecule has 0 saturated carbocycles. The number of thioether (sulfide) groups is 1. The fourth-order valence-corrected chi connectivity index (χ4v) is 1.85. The van der Waals surface area contributed by atoms with E-state index in [0.717, 1.165) is 5.56 Å². The maximum absolute atomic E-state index is 12.7. The summed E-state index contributed by atoms with van der Waals surface area (Å²) in [6, 6.07) is 6.29. The van der Waals surface area contributed by atoms with E-state index in [1.165, 1.54) is 31.0 Å². The molecule has 0 aliphatic rings. The highest BCUT2D eigenvalue weighted by atomic mass is 32.2. The Balaban J connectivity index is 2.59. The van der Waals surface area contributed by atoms with E-state index in [2.05, 4.69) is 10.1 Å². The molecule has 98 valence electrons. The molecule has 1 aromatic rings. The molecule has 0 saturated heterocycles. The normalized spacial score (nSPS) is 12.6. The molecule has 18 heavy (non-hydrogen) atoms. The summed E-state index contributed by atoms with van der Waals surface area (Å²) in [5.41, 5.74) is 1.00. The van der Waals surface area contributed by atoms with E-state index in [-0.39, 0.29) is 11.7 Å². The average Bonchev–Trinajstić information content (AvgIpc) is 2.40. The second-order valence-electron chi connectivity index (χ2n) is 3.38. The minimum absolute atomic E-state index is 0.0987. The van der Waals surface area contributed by atoms with Crippen LogP contribution < -0.4 is 0 Å². The molecule has 6 heteroatoms. The summed E-state index contributed by atoms with van der Waals surface area (Å²) in [4.78, 5) is 4.27. The van der Waals surface area contributed by atoms with Gasteiger partial charge in [0.05, 0.1) is 7.11 Å². The van der Waals surface area contributed by atoms with Gasteiger partial charge in [-0.3, -0.25) is 4.99 Å². The number of oxime groups is 1. The van der Waals surface area contributed by atoms with Gasteiger partial charge in [-0.2, -0.15) is 0 Å². The Morgan fingerprint density at radius 1 is 1.39 bits per heavy atom. The predicted molar refractivity (Wildman–Crippen MR) is 72.2 cm³/mol. The molecular weight excluding hydrogens is 255 g/mol. The molecule has 1 rings (SSSR count). The SMILES string of the molecule is CO/C(=N\O)C(=NCCc1ccc(F)cc1)SC. The van der Waals surface area contributed by atoms with E-state index in [1.54, 1.807) is 12.1 Å². The summed E-state index contributed by atoms with van der Waals surface area (Å²) in [7, 11) is 1.42. The number of ether oxygens (including phenoxy) is 1. The van der Waals surface area contributed by atoms with Crippen LogP contribution in [0.25, 0.3) is 0 Å². The summed E-state index contributed by atoms with van der Waals surface area (Å²) >= 11 is 1.34. The molecule has 0 amide bonds. The van der Waals surface area contributed by atoms with Crippen LogP contribution >= 0.6 is 11.8 Å². The Bertz CT molecular complexity index is 432. The molecule has 4 nitrogen and oxygen atoms in total. The van der Waals surface area contributed by atoms with Crippen LogP contribution in [-0.2, 0) is 11.2 Å². The van der Waals surface area contributed by atoms with Gasteiger partial charge >= 0.3 is 0 Å². The third-order valence-electron chi connectivity index (χ3n) is 2.23. The Labute approximate surface area is 110 Å². The fraction of sp³-hybridized carbons (Fsp3) is 0.333. The maximum atomic E-state index is 12.7. The number of hydrogen-bond donors (Lipinski definition) is 1. The zero-order valence-corrected chi connectivity index (χ0v) is 11.1. The first-order valence-electron chi connectivity index (χ1n) is 5.30. The number of halogens is 1.